The summed E-state index contributed by atoms with van der Waals surface area (Å²) in [5, 5.41) is 4.01. The second-order valence-corrected chi connectivity index (χ2v) is 7.76. The van der Waals surface area contributed by atoms with Gasteiger partial charge in [0.05, 0.1) is 10.0 Å². The van der Waals surface area contributed by atoms with Crippen molar-refractivity contribution in [3.05, 3.63) is 45.0 Å². The lowest BCUT2D eigenvalue weighted by Crippen LogP contribution is -2.37. The van der Waals surface area contributed by atoms with Crippen LogP contribution < -0.4 is 11.1 Å². The maximum absolute atomic E-state index is 12.3. The van der Waals surface area contributed by atoms with Crippen LogP contribution in [0.5, 0.6) is 0 Å². The van der Waals surface area contributed by atoms with E-state index < -0.39 is 0 Å². The van der Waals surface area contributed by atoms with Crippen LogP contribution >= 0.6 is 34.8 Å². The standard InChI is InChI=1S/C19H21Cl3N4O/c20-12-10-14(17(22)15(21)11-12)13-4-5-16(25-18(13)23)19(27)24-6-9-26-7-2-1-3-8-26/h4-5,10-11H,1-3,6-9H2,(H2,23,25)(H,24,27). The summed E-state index contributed by atoms with van der Waals surface area (Å²) in [6.45, 7) is 3.62. The second-order valence-electron chi connectivity index (χ2n) is 6.54. The number of benzene rings is 1. The van der Waals surface area contributed by atoms with Crippen LogP contribution in [0.4, 0.5) is 5.82 Å². The van der Waals surface area contributed by atoms with Gasteiger partial charge in [0.1, 0.15) is 11.5 Å². The Morgan fingerprint density at radius 2 is 1.85 bits per heavy atom. The molecule has 144 valence electrons. The zero-order chi connectivity index (χ0) is 19.4. The van der Waals surface area contributed by atoms with Gasteiger partial charge in [0.15, 0.2) is 0 Å². The lowest BCUT2D eigenvalue weighted by molar-refractivity contribution is 0.0942. The third-order valence-corrected chi connectivity index (χ3v) is 5.62. The van der Waals surface area contributed by atoms with Crippen molar-refractivity contribution >= 4 is 46.5 Å². The van der Waals surface area contributed by atoms with Gasteiger partial charge in [0, 0.05) is 29.2 Å². The molecule has 1 aliphatic rings. The largest absolute Gasteiger partial charge is 0.383 e. The van der Waals surface area contributed by atoms with Gasteiger partial charge in [-0.3, -0.25) is 4.79 Å². The highest BCUT2D eigenvalue weighted by atomic mass is 35.5. The van der Waals surface area contributed by atoms with Crippen molar-refractivity contribution < 1.29 is 4.79 Å². The average Bonchev–Trinajstić information content (AvgIpc) is 2.65. The van der Waals surface area contributed by atoms with Crippen molar-refractivity contribution in [2.24, 2.45) is 0 Å². The first-order valence-corrected chi connectivity index (χ1v) is 10.0. The number of amides is 1. The lowest BCUT2D eigenvalue weighted by atomic mass is 10.1. The summed E-state index contributed by atoms with van der Waals surface area (Å²) in [5.41, 5.74) is 7.48. The molecule has 2 heterocycles. The zero-order valence-electron chi connectivity index (χ0n) is 14.8. The zero-order valence-corrected chi connectivity index (χ0v) is 17.0. The van der Waals surface area contributed by atoms with E-state index in [4.69, 9.17) is 40.5 Å². The molecule has 0 spiro atoms. The number of pyridine rings is 1. The molecular weight excluding hydrogens is 407 g/mol. The number of hydrogen-bond acceptors (Lipinski definition) is 4. The summed E-state index contributed by atoms with van der Waals surface area (Å²) in [4.78, 5) is 18.9. The number of rotatable bonds is 5. The molecular formula is C19H21Cl3N4O. The fourth-order valence-electron chi connectivity index (χ4n) is 3.18. The van der Waals surface area contributed by atoms with Gasteiger partial charge in [-0.05, 0) is 50.2 Å². The number of aromatic nitrogens is 1. The van der Waals surface area contributed by atoms with Crippen LogP contribution in [0.3, 0.4) is 0 Å². The van der Waals surface area contributed by atoms with Gasteiger partial charge in [-0.15, -0.1) is 0 Å². The number of nitrogen functional groups attached to an aromatic ring is 1. The van der Waals surface area contributed by atoms with Gasteiger partial charge in [-0.25, -0.2) is 4.98 Å². The Kier molecular flexibility index (Phi) is 6.82. The van der Waals surface area contributed by atoms with Gasteiger partial charge < -0.3 is 16.0 Å². The highest BCUT2D eigenvalue weighted by Crippen LogP contribution is 2.38. The fourth-order valence-corrected chi connectivity index (χ4v) is 3.89. The van der Waals surface area contributed by atoms with E-state index >= 15 is 0 Å². The molecule has 0 radical (unpaired) electrons. The highest BCUT2D eigenvalue weighted by Gasteiger charge is 2.16. The monoisotopic (exact) mass is 426 g/mol. The molecule has 3 rings (SSSR count). The van der Waals surface area contributed by atoms with Gasteiger partial charge >= 0.3 is 0 Å². The molecule has 1 saturated heterocycles. The number of halogens is 3. The van der Waals surface area contributed by atoms with E-state index in [1.54, 1.807) is 24.3 Å². The SMILES string of the molecule is Nc1nc(C(=O)NCCN2CCCCC2)ccc1-c1cc(Cl)cc(Cl)c1Cl. The van der Waals surface area contributed by atoms with Crippen molar-refractivity contribution in [2.45, 2.75) is 19.3 Å². The topological polar surface area (TPSA) is 71.2 Å². The molecule has 5 nitrogen and oxygen atoms in total. The number of likely N-dealkylation sites (tertiary alicyclic amines) is 1. The summed E-state index contributed by atoms with van der Waals surface area (Å²) >= 11 is 18.4. The Morgan fingerprint density at radius 1 is 1.11 bits per heavy atom. The fraction of sp³-hybridized carbons (Fsp3) is 0.368. The lowest BCUT2D eigenvalue weighted by Gasteiger charge is -2.26. The molecule has 0 unspecified atom stereocenters. The summed E-state index contributed by atoms with van der Waals surface area (Å²) in [5.74, 6) is -0.0561. The van der Waals surface area contributed by atoms with Crippen LogP contribution in [0.15, 0.2) is 24.3 Å². The van der Waals surface area contributed by atoms with Crippen molar-refractivity contribution in [2.75, 3.05) is 31.9 Å². The van der Waals surface area contributed by atoms with E-state index in [0.29, 0.717) is 32.7 Å². The Labute approximate surface area is 173 Å². The third-order valence-electron chi connectivity index (χ3n) is 4.60. The number of nitrogens with one attached hydrogen (secondary N) is 1. The second kappa shape index (κ2) is 9.11. The number of carbonyl (C=O) groups is 1. The molecule has 0 aliphatic carbocycles. The first kappa shape index (κ1) is 20.2. The van der Waals surface area contributed by atoms with Crippen LogP contribution in [0.2, 0.25) is 15.1 Å². The summed E-state index contributed by atoms with van der Waals surface area (Å²) in [7, 11) is 0. The van der Waals surface area contributed by atoms with Crippen molar-refractivity contribution in [3.8, 4) is 11.1 Å². The molecule has 1 aliphatic heterocycles. The maximum atomic E-state index is 12.3. The van der Waals surface area contributed by atoms with Crippen LogP contribution in [-0.4, -0.2) is 42.0 Å². The Balaban J connectivity index is 1.68. The molecule has 1 aromatic heterocycles. The molecule has 0 saturated carbocycles. The van der Waals surface area contributed by atoms with E-state index in [0.717, 1.165) is 19.6 Å². The van der Waals surface area contributed by atoms with Crippen LogP contribution in [0.1, 0.15) is 29.8 Å². The van der Waals surface area contributed by atoms with Gasteiger partial charge in [0.25, 0.3) is 5.91 Å². The minimum atomic E-state index is -0.250. The molecule has 0 atom stereocenters. The first-order valence-electron chi connectivity index (χ1n) is 8.87. The predicted octanol–water partition coefficient (Wildman–Crippen LogP) is 4.51. The summed E-state index contributed by atoms with van der Waals surface area (Å²) in [6, 6.07) is 6.55. The van der Waals surface area contributed by atoms with E-state index in [-0.39, 0.29) is 17.4 Å². The van der Waals surface area contributed by atoms with Crippen molar-refractivity contribution in [1.82, 2.24) is 15.2 Å². The molecule has 2 aromatic rings. The average molecular weight is 428 g/mol. The predicted molar refractivity (Wildman–Crippen MR) is 112 cm³/mol. The third kappa shape index (κ3) is 5.05. The normalized spacial score (nSPS) is 14.9. The summed E-state index contributed by atoms with van der Waals surface area (Å²) in [6.07, 6.45) is 3.74. The number of hydrogen-bond donors (Lipinski definition) is 2. The van der Waals surface area contributed by atoms with Gasteiger partial charge in [-0.1, -0.05) is 41.2 Å². The molecule has 3 N–H and O–H groups in total. The number of piperidine rings is 1. The van der Waals surface area contributed by atoms with Gasteiger partial charge in [0.2, 0.25) is 0 Å². The van der Waals surface area contributed by atoms with Crippen LogP contribution in [0.25, 0.3) is 11.1 Å². The Bertz CT molecular complexity index is 838. The minimum Gasteiger partial charge on any atom is -0.383 e. The molecule has 1 aromatic carbocycles. The Morgan fingerprint density at radius 3 is 2.56 bits per heavy atom. The smallest absolute Gasteiger partial charge is 0.270 e. The number of anilines is 1. The number of nitrogens with zero attached hydrogens (tertiary/aromatic N) is 2. The molecule has 0 bridgehead atoms. The summed E-state index contributed by atoms with van der Waals surface area (Å²) < 4.78 is 0. The molecule has 27 heavy (non-hydrogen) atoms. The maximum Gasteiger partial charge on any atom is 0.270 e. The van der Waals surface area contributed by atoms with Crippen molar-refractivity contribution in [1.29, 1.82) is 0 Å². The van der Waals surface area contributed by atoms with Crippen molar-refractivity contribution in [3.63, 3.8) is 0 Å². The van der Waals surface area contributed by atoms with E-state index in [1.165, 1.54) is 19.3 Å². The van der Waals surface area contributed by atoms with E-state index in [2.05, 4.69) is 15.2 Å². The van der Waals surface area contributed by atoms with Crippen LogP contribution in [-0.2, 0) is 0 Å². The molecule has 1 fully saturated rings. The number of nitrogens with two attached hydrogens (primary N) is 1. The molecule has 8 heteroatoms. The highest BCUT2D eigenvalue weighted by molar-refractivity contribution is 6.45. The van der Waals surface area contributed by atoms with E-state index in [1.807, 2.05) is 0 Å². The van der Waals surface area contributed by atoms with E-state index in [9.17, 15) is 4.79 Å². The van der Waals surface area contributed by atoms with Crippen LogP contribution in [0, 0.1) is 0 Å². The molecule has 1 amide bonds. The first-order chi connectivity index (χ1) is 13.0. The number of carbonyl (C=O) groups excluding carboxylic acids is 1. The quantitative estimate of drug-likeness (QED) is 0.689. The Hall–Kier alpha value is -1.53. The minimum absolute atomic E-state index is 0.193. The van der Waals surface area contributed by atoms with Gasteiger partial charge in [-0.2, -0.15) is 0 Å².